The lowest BCUT2D eigenvalue weighted by atomic mass is 9.68. The van der Waals surface area contributed by atoms with Crippen molar-refractivity contribution in [2.24, 2.45) is 16.7 Å². The second-order valence-electron chi connectivity index (χ2n) is 11.2. The largest absolute Gasteiger partial charge is 0.347 e. The summed E-state index contributed by atoms with van der Waals surface area (Å²) in [5, 5.41) is 8.02. The summed E-state index contributed by atoms with van der Waals surface area (Å²) in [6.45, 7) is 6.84. The van der Waals surface area contributed by atoms with Crippen molar-refractivity contribution in [2.45, 2.75) is 77.2 Å². The molecule has 4 aliphatic carbocycles. The van der Waals surface area contributed by atoms with Crippen molar-refractivity contribution in [1.82, 2.24) is 15.1 Å². The quantitative estimate of drug-likeness (QED) is 0.710. The number of carbonyl (C=O) groups excluding carboxylic acids is 1. The molecule has 4 bridgehead atoms. The van der Waals surface area contributed by atoms with E-state index in [2.05, 4.69) is 31.2 Å². The molecule has 3 fully saturated rings. The lowest BCUT2D eigenvalue weighted by Crippen LogP contribution is -2.52. The van der Waals surface area contributed by atoms with E-state index in [4.69, 9.17) is 0 Å². The van der Waals surface area contributed by atoms with Crippen LogP contribution in [0, 0.1) is 28.4 Å². The molecule has 3 unspecified atom stereocenters. The topological polar surface area (TPSA) is 46.9 Å². The number of benzene rings is 1. The fraction of sp³-hybridized carbons (Fsp3) is 0.600. The number of nitrogens with zero attached hydrogens (tertiary/aromatic N) is 2. The number of rotatable bonds is 3. The number of carbonyl (C=O) groups is 1. The molecule has 1 amide bonds. The van der Waals surface area contributed by atoms with Gasteiger partial charge in [0, 0.05) is 23.6 Å². The van der Waals surface area contributed by atoms with E-state index in [0.29, 0.717) is 17.5 Å². The molecular formula is C25H29F2N3O. The first-order chi connectivity index (χ1) is 14.7. The second-order valence-corrected chi connectivity index (χ2v) is 11.2. The van der Waals surface area contributed by atoms with Gasteiger partial charge in [-0.05, 0) is 73.3 Å². The van der Waals surface area contributed by atoms with Crippen LogP contribution < -0.4 is 5.32 Å². The predicted molar refractivity (Wildman–Crippen MR) is 113 cm³/mol. The van der Waals surface area contributed by atoms with Crippen LogP contribution >= 0.6 is 0 Å². The first-order valence-electron chi connectivity index (χ1n) is 11.6. The maximum atomic E-state index is 14.6. The number of hydrogen-bond donors (Lipinski definition) is 1. The zero-order valence-electron chi connectivity index (χ0n) is 18.3. The number of amides is 1. The molecule has 0 spiro atoms. The van der Waals surface area contributed by atoms with Crippen LogP contribution in [0.5, 0.6) is 0 Å². The van der Waals surface area contributed by atoms with Crippen molar-refractivity contribution in [3.05, 3.63) is 46.8 Å². The van der Waals surface area contributed by atoms with Gasteiger partial charge < -0.3 is 5.32 Å². The fourth-order valence-corrected chi connectivity index (χ4v) is 7.60. The van der Waals surface area contributed by atoms with Gasteiger partial charge in [-0.2, -0.15) is 5.10 Å². The summed E-state index contributed by atoms with van der Waals surface area (Å²) in [6.07, 6.45) is 6.60. The van der Waals surface area contributed by atoms with Crippen LogP contribution in [0.15, 0.2) is 18.2 Å². The van der Waals surface area contributed by atoms with Gasteiger partial charge in [0.25, 0.3) is 5.91 Å². The SMILES string of the molecule is CC12CCC(C1)C(C)(C)C2NC(=O)c1nn(-c2ccc(F)cc2F)c2c1[C@H]1CC[C@H]2C1. The van der Waals surface area contributed by atoms with Crippen molar-refractivity contribution in [1.29, 1.82) is 0 Å². The highest BCUT2D eigenvalue weighted by Crippen LogP contribution is 2.62. The molecule has 0 saturated heterocycles. The molecule has 1 aromatic heterocycles. The molecule has 4 aliphatic rings. The van der Waals surface area contributed by atoms with Gasteiger partial charge in [-0.3, -0.25) is 4.79 Å². The van der Waals surface area contributed by atoms with Crippen LogP contribution in [0.1, 0.15) is 92.9 Å². The van der Waals surface area contributed by atoms with Gasteiger partial charge in [0.15, 0.2) is 11.5 Å². The number of fused-ring (bicyclic) bond motifs is 7. The highest BCUT2D eigenvalue weighted by Gasteiger charge is 2.60. The Labute approximate surface area is 181 Å². The summed E-state index contributed by atoms with van der Waals surface area (Å²) in [7, 11) is 0. The number of nitrogens with one attached hydrogen (secondary N) is 1. The molecule has 164 valence electrons. The third-order valence-corrected chi connectivity index (χ3v) is 9.09. The average Bonchev–Trinajstić information content (AvgIpc) is 3.48. The van der Waals surface area contributed by atoms with E-state index in [9.17, 15) is 13.6 Å². The van der Waals surface area contributed by atoms with E-state index in [1.54, 1.807) is 4.68 Å². The third-order valence-electron chi connectivity index (χ3n) is 9.09. The lowest BCUT2D eigenvalue weighted by molar-refractivity contribution is 0.0731. The van der Waals surface area contributed by atoms with Crippen LogP contribution in [0.4, 0.5) is 8.78 Å². The summed E-state index contributed by atoms with van der Waals surface area (Å²) in [4.78, 5) is 13.6. The molecule has 3 saturated carbocycles. The fourth-order valence-electron chi connectivity index (χ4n) is 7.60. The van der Waals surface area contributed by atoms with E-state index in [1.807, 2.05) is 0 Å². The monoisotopic (exact) mass is 425 g/mol. The minimum absolute atomic E-state index is 0.0521. The molecule has 1 heterocycles. The Morgan fingerprint density at radius 3 is 2.65 bits per heavy atom. The zero-order chi connectivity index (χ0) is 21.7. The molecule has 0 radical (unpaired) electrons. The van der Waals surface area contributed by atoms with E-state index < -0.39 is 11.6 Å². The van der Waals surface area contributed by atoms with Crippen LogP contribution in [0.2, 0.25) is 0 Å². The Bertz CT molecular complexity index is 1100. The van der Waals surface area contributed by atoms with Gasteiger partial charge in [-0.25, -0.2) is 13.5 Å². The molecular weight excluding hydrogens is 396 g/mol. The van der Waals surface area contributed by atoms with Gasteiger partial charge in [-0.1, -0.05) is 20.8 Å². The first-order valence-corrected chi connectivity index (χ1v) is 11.6. The molecule has 0 aliphatic heterocycles. The first kappa shape index (κ1) is 19.4. The molecule has 4 nitrogen and oxygen atoms in total. The van der Waals surface area contributed by atoms with Gasteiger partial charge >= 0.3 is 0 Å². The maximum Gasteiger partial charge on any atom is 0.272 e. The van der Waals surface area contributed by atoms with E-state index >= 15 is 0 Å². The van der Waals surface area contributed by atoms with E-state index in [-0.39, 0.29) is 34.4 Å². The Kier molecular flexibility index (Phi) is 3.87. The van der Waals surface area contributed by atoms with Crippen LogP contribution in [0.25, 0.3) is 5.69 Å². The van der Waals surface area contributed by atoms with E-state index in [0.717, 1.165) is 49.4 Å². The molecule has 1 N–H and O–H groups in total. The Balaban J connectivity index is 1.41. The molecule has 6 heteroatoms. The molecule has 2 aromatic rings. The predicted octanol–water partition coefficient (Wildman–Crippen LogP) is 5.46. The summed E-state index contributed by atoms with van der Waals surface area (Å²) in [6, 6.07) is 3.66. The zero-order valence-corrected chi connectivity index (χ0v) is 18.3. The summed E-state index contributed by atoms with van der Waals surface area (Å²) < 4.78 is 29.7. The smallest absolute Gasteiger partial charge is 0.272 e. The highest BCUT2D eigenvalue weighted by atomic mass is 19.1. The molecule has 6 rings (SSSR count). The number of aromatic nitrogens is 2. The van der Waals surface area contributed by atoms with Gasteiger partial charge in [0.2, 0.25) is 0 Å². The van der Waals surface area contributed by atoms with Crippen molar-refractivity contribution >= 4 is 5.91 Å². The Morgan fingerprint density at radius 2 is 1.94 bits per heavy atom. The maximum absolute atomic E-state index is 14.6. The minimum Gasteiger partial charge on any atom is -0.347 e. The van der Waals surface area contributed by atoms with Crippen molar-refractivity contribution < 1.29 is 13.6 Å². The number of halogens is 2. The van der Waals surface area contributed by atoms with Crippen molar-refractivity contribution in [2.75, 3.05) is 0 Å². The summed E-state index contributed by atoms with van der Waals surface area (Å²) in [5.74, 6) is -0.179. The Hall–Kier alpha value is -2.24. The van der Waals surface area contributed by atoms with Crippen molar-refractivity contribution in [3.8, 4) is 5.69 Å². The highest BCUT2D eigenvalue weighted by molar-refractivity contribution is 5.95. The Morgan fingerprint density at radius 1 is 1.16 bits per heavy atom. The summed E-state index contributed by atoms with van der Waals surface area (Å²) in [5.41, 5.74) is 2.77. The van der Waals surface area contributed by atoms with Crippen LogP contribution in [-0.4, -0.2) is 21.7 Å². The minimum atomic E-state index is -0.651. The normalized spacial score (nSPS) is 34.4. The molecule has 5 atom stereocenters. The van der Waals surface area contributed by atoms with E-state index in [1.165, 1.54) is 18.6 Å². The van der Waals surface area contributed by atoms with Crippen molar-refractivity contribution in [3.63, 3.8) is 0 Å². The lowest BCUT2D eigenvalue weighted by Gasteiger charge is -2.43. The summed E-state index contributed by atoms with van der Waals surface area (Å²) >= 11 is 0. The van der Waals surface area contributed by atoms with Crippen LogP contribution in [-0.2, 0) is 0 Å². The van der Waals surface area contributed by atoms with Crippen LogP contribution in [0.3, 0.4) is 0 Å². The van der Waals surface area contributed by atoms with Gasteiger partial charge in [-0.15, -0.1) is 0 Å². The average molecular weight is 426 g/mol. The molecule has 1 aromatic carbocycles. The van der Waals surface area contributed by atoms with Gasteiger partial charge in [0.1, 0.15) is 11.5 Å². The van der Waals surface area contributed by atoms with Gasteiger partial charge in [0.05, 0.1) is 5.69 Å². The standard InChI is InChI=1S/C25H29F2N3O/c1-24(2)15-8-9-25(3,12-15)23(24)28-22(31)20-19-13-4-5-14(10-13)21(19)30(29-20)18-7-6-16(26)11-17(18)27/h6-7,11,13-15,23H,4-5,8-10,12H2,1-3H3,(H,28,31)/t13-,14-,15?,23?,25?/m0/s1. The molecule has 31 heavy (non-hydrogen) atoms. The number of hydrogen-bond acceptors (Lipinski definition) is 2. The second kappa shape index (κ2) is 6.17. The third kappa shape index (κ3) is 2.56.